The van der Waals surface area contributed by atoms with Gasteiger partial charge in [-0.25, -0.2) is 36.8 Å². The van der Waals surface area contributed by atoms with Crippen molar-refractivity contribution in [1.82, 2.24) is 39.7 Å². The summed E-state index contributed by atoms with van der Waals surface area (Å²) in [5.74, 6) is -1.19. The largest absolute Gasteiger partial charge is 0.480 e. The maximum atomic E-state index is 13.2. The Labute approximate surface area is 455 Å². The number of rotatable bonds is 16. The van der Waals surface area contributed by atoms with E-state index in [1.165, 1.54) is 111 Å². The molecule has 0 aliphatic heterocycles. The van der Waals surface area contributed by atoms with Crippen LogP contribution in [0, 0.1) is 11.8 Å². The molecule has 0 spiro atoms. The number of carbonyl (C=O) groups is 2. The van der Waals surface area contributed by atoms with Crippen LogP contribution in [-0.4, -0.2) is 86.0 Å². The van der Waals surface area contributed by atoms with Gasteiger partial charge in [-0.3, -0.25) is 37.8 Å². The number of methoxy groups -OCH3 is 2. The van der Waals surface area contributed by atoms with Gasteiger partial charge in [0.25, 0.3) is 31.2 Å². The van der Waals surface area contributed by atoms with Crippen LogP contribution in [0.15, 0.2) is 129 Å². The predicted octanol–water partition coefficient (Wildman–Crippen LogP) is 7.91. The van der Waals surface area contributed by atoms with E-state index < -0.39 is 31.9 Å². The van der Waals surface area contributed by atoms with Crippen molar-refractivity contribution in [3.63, 3.8) is 0 Å². The van der Waals surface area contributed by atoms with Gasteiger partial charge in [0.1, 0.15) is 21.2 Å². The molecule has 8 aromatic rings. The minimum atomic E-state index is -4.15. The van der Waals surface area contributed by atoms with Gasteiger partial charge in [0.15, 0.2) is 0 Å². The molecule has 26 heteroatoms. The molecule has 0 unspecified atom stereocenters. The smallest absolute Gasteiger partial charge is 0.263 e. The number of nitrogens with one attached hydrogen (secondary N) is 4. The zero-order chi connectivity index (χ0) is 55.2. The molecule has 0 saturated carbocycles. The first-order valence-corrected chi connectivity index (χ1v) is 27.0. The molecule has 4 aromatic heterocycles. The van der Waals surface area contributed by atoms with E-state index in [1.54, 1.807) is 50.2 Å². The van der Waals surface area contributed by atoms with Crippen LogP contribution in [-0.2, 0) is 42.7 Å². The summed E-state index contributed by atoms with van der Waals surface area (Å²) in [5.41, 5.74) is 2.63. The Morgan fingerprint density at radius 1 is 0.566 bits per heavy atom. The number of nitrogens with zero attached hydrogens (tertiary/aromatic N) is 6. The molecular weight excluding hydrogens is 1110 g/mol. The third kappa shape index (κ3) is 12.3. The average Bonchev–Trinajstić information content (AvgIpc) is 3.40. The first-order valence-electron chi connectivity index (χ1n) is 22.5. The number of pyridine rings is 2. The number of hydrogen-bond donors (Lipinski definition) is 4. The Kier molecular flexibility index (Phi) is 17.6. The van der Waals surface area contributed by atoms with E-state index in [1.807, 2.05) is 0 Å². The Morgan fingerprint density at radius 2 is 0.947 bits per heavy atom. The monoisotopic (exact) mass is 1150 g/mol. The van der Waals surface area contributed by atoms with Gasteiger partial charge in [0.2, 0.25) is 23.6 Å². The van der Waals surface area contributed by atoms with Crippen LogP contribution in [0.1, 0.15) is 13.8 Å². The topological polar surface area (TPSA) is 265 Å². The summed E-state index contributed by atoms with van der Waals surface area (Å²) in [6, 6.07) is 21.7. The number of sulfonamides is 2. The predicted molar refractivity (Wildman–Crippen MR) is 293 cm³/mol. The summed E-state index contributed by atoms with van der Waals surface area (Å²) in [6.07, 6.45) is 5.80. The van der Waals surface area contributed by atoms with Gasteiger partial charge in [0.05, 0.1) is 80.6 Å². The molecule has 4 N–H and O–H groups in total. The van der Waals surface area contributed by atoms with Gasteiger partial charge in [0, 0.05) is 50.7 Å². The van der Waals surface area contributed by atoms with Gasteiger partial charge < -0.3 is 20.1 Å². The molecule has 8 rings (SSSR count). The fourth-order valence-corrected chi connectivity index (χ4v) is 11.3. The molecule has 20 nitrogen and oxygen atoms in total. The van der Waals surface area contributed by atoms with Crippen molar-refractivity contribution in [3.05, 3.63) is 151 Å². The third-order valence-corrected chi connectivity index (χ3v) is 16.3. The minimum absolute atomic E-state index is 0.0310. The molecule has 0 radical (unpaired) electrons. The Hall–Kier alpha value is -7.34. The standard InChI is InChI=1S/2C25H23Cl2N5O5S/c2*1-14(23(33)28-2)12-32-13-30-19-8-7-15(9-17(19)25(32)34)16-10-20(24(37-3)29-11-16)31-38(35,36)21-6-4-5-18(26)22(21)27/h2*4-11,13-14,31H,12H2,1-3H3,(H,28,33)/t2*14-/m10/s1. The highest BCUT2D eigenvalue weighted by atomic mass is 35.5. The van der Waals surface area contributed by atoms with Gasteiger partial charge in [-0.1, -0.05) is 84.5 Å². The average molecular weight is 1150 g/mol. The minimum Gasteiger partial charge on any atom is -0.480 e. The van der Waals surface area contributed by atoms with E-state index in [0.717, 1.165) is 0 Å². The summed E-state index contributed by atoms with van der Waals surface area (Å²) >= 11 is 24.2. The molecule has 0 aliphatic carbocycles. The molecule has 0 saturated heterocycles. The molecule has 2 amide bonds. The molecule has 2 atom stereocenters. The van der Waals surface area contributed by atoms with Crippen molar-refractivity contribution in [3.8, 4) is 34.0 Å². The lowest BCUT2D eigenvalue weighted by Gasteiger charge is -2.14. The quantitative estimate of drug-likeness (QED) is 0.0717. The van der Waals surface area contributed by atoms with Crippen LogP contribution in [0.3, 0.4) is 0 Å². The van der Waals surface area contributed by atoms with Crippen molar-refractivity contribution in [1.29, 1.82) is 0 Å². The van der Waals surface area contributed by atoms with Crippen LogP contribution in [0.25, 0.3) is 44.1 Å². The van der Waals surface area contributed by atoms with Crippen molar-refractivity contribution in [2.45, 2.75) is 36.7 Å². The Morgan fingerprint density at radius 3 is 1.30 bits per heavy atom. The molecule has 0 fully saturated rings. The van der Waals surface area contributed by atoms with Crippen molar-refractivity contribution in [2.24, 2.45) is 11.8 Å². The lowest BCUT2D eigenvalue weighted by molar-refractivity contribution is -0.125. The van der Waals surface area contributed by atoms with Gasteiger partial charge in [-0.2, -0.15) is 0 Å². The number of hydrogen-bond acceptors (Lipinski definition) is 14. The summed E-state index contributed by atoms with van der Waals surface area (Å²) < 4.78 is 70.5. The van der Waals surface area contributed by atoms with Crippen LogP contribution in [0.5, 0.6) is 11.8 Å². The van der Waals surface area contributed by atoms with Crippen LogP contribution in [0.4, 0.5) is 11.4 Å². The SMILES string of the molecule is CNC(=O)[C@@H](C)Cn1cnc2ccc(-c3cnc(OC)c(NS(=O)(=O)c4cccc(Cl)c4Cl)c3)cc2c1=O.CNC(=O)[C@H](C)Cn1cnc2ccc(-c3cnc(OC)c(NS(=O)(=O)c4cccc(Cl)c4Cl)c3)cc2c1=O. The van der Waals surface area contributed by atoms with Crippen molar-refractivity contribution < 1.29 is 35.9 Å². The zero-order valence-electron chi connectivity index (χ0n) is 41.1. The third-order valence-electron chi connectivity index (χ3n) is 11.6. The second kappa shape index (κ2) is 23.7. The van der Waals surface area contributed by atoms with E-state index in [2.05, 4.69) is 40.0 Å². The van der Waals surface area contributed by atoms with E-state index in [9.17, 15) is 36.0 Å². The maximum Gasteiger partial charge on any atom is 0.263 e. The first-order chi connectivity index (χ1) is 36.1. The lowest BCUT2D eigenvalue weighted by atomic mass is 10.0. The molecule has 76 heavy (non-hydrogen) atoms. The highest BCUT2D eigenvalue weighted by Gasteiger charge is 2.25. The summed E-state index contributed by atoms with van der Waals surface area (Å²) in [6.45, 7) is 3.75. The highest BCUT2D eigenvalue weighted by Crippen LogP contribution is 2.36. The van der Waals surface area contributed by atoms with Crippen molar-refractivity contribution in [2.75, 3.05) is 37.8 Å². The van der Waals surface area contributed by atoms with Crippen LogP contribution in [0.2, 0.25) is 20.1 Å². The van der Waals surface area contributed by atoms with Crippen LogP contribution >= 0.6 is 46.4 Å². The fraction of sp³-hybridized carbons (Fsp3) is 0.200. The number of benzene rings is 4. The normalized spacial score (nSPS) is 12.2. The molecule has 0 aliphatic rings. The first kappa shape index (κ1) is 56.4. The number of amides is 2. The number of carbonyl (C=O) groups excluding carboxylic acids is 2. The lowest BCUT2D eigenvalue weighted by Crippen LogP contribution is -2.32. The number of fused-ring (bicyclic) bond motifs is 2. The molecular formula is C50H46Cl4N10O10S2. The maximum absolute atomic E-state index is 13.2. The Balaban J connectivity index is 0.000000221. The second-order valence-corrected chi connectivity index (χ2v) is 21.6. The van der Waals surface area contributed by atoms with Crippen molar-refractivity contribution >= 4 is 111 Å². The number of aromatic nitrogens is 6. The van der Waals surface area contributed by atoms with E-state index >= 15 is 0 Å². The number of halogens is 4. The van der Waals surface area contributed by atoms with Gasteiger partial charge >= 0.3 is 0 Å². The molecule has 0 bridgehead atoms. The van der Waals surface area contributed by atoms with E-state index in [0.29, 0.717) is 44.1 Å². The number of ether oxygens (including phenoxy) is 2. The van der Waals surface area contributed by atoms with E-state index in [-0.39, 0.29) is 89.0 Å². The summed E-state index contributed by atoms with van der Waals surface area (Å²) in [4.78, 5) is 66.9. The fourth-order valence-electron chi connectivity index (χ4n) is 7.66. The number of anilines is 2. The molecule has 396 valence electrons. The molecule has 4 aromatic carbocycles. The molecule has 4 heterocycles. The second-order valence-electron chi connectivity index (χ2n) is 16.8. The highest BCUT2D eigenvalue weighted by molar-refractivity contribution is 7.93. The Bertz CT molecular complexity index is 3670. The summed E-state index contributed by atoms with van der Waals surface area (Å²) in [5, 5.41) is 5.74. The summed E-state index contributed by atoms with van der Waals surface area (Å²) in [7, 11) is -2.51. The van der Waals surface area contributed by atoms with Gasteiger partial charge in [-0.15, -0.1) is 0 Å². The van der Waals surface area contributed by atoms with Crippen LogP contribution < -0.4 is 40.7 Å². The van der Waals surface area contributed by atoms with E-state index in [4.69, 9.17) is 55.9 Å². The zero-order valence-corrected chi connectivity index (χ0v) is 45.7. The van der Waals surface area contributed by atoms with Gasteiger partial charge in [-0.05, 0) is 71.8 Å².